The molecule has 2 fully saturated rings. The zero-order chi connectivity index (χ0) is 27.4. The summed E-state index contributed by atoms with van der Waals surface area (Å²) in [4.78, 5) is 37.4. The lowest BCUT2D eigenvalue weighted by molar-refractivity contribution is -0.0104. The number of benzene rings is 1. The molecule has 0 N–H and O–H groups in total. The van der Waals surface area contributed by atoms with Crippen LogP contribution in [0.5, 0.6) is 5.75 Å². The van der Waals surface area contributed by atoms with E-state index in [1.807, 2.05) is 0 Å². The van der Waals surface area contributed by atoms with Crippen LogP contribution in [0.3, 0.4) is 0 Å². The second kappa shape index (κ2) is 9.48. The Morgan fingerprint density at radius 1 is 1.18 bits per heavy atom. The molecule has 1 aromatic carbocycles. The van der Waals surface area contributed by atoms with Crippen molar-refractivity contribution in [2.45, 2.75) is 69.9 Å². The van der Waals surface area contributed by atoms with Crippen LogP contribution >= 0.6 is 0 Å². The highest BCUT2D eigenvalue weighted by Crippen LogP contribution is 2.40. The van der Waals surface area contributed by atoms with Gasteiger partial charge in [-0.3, -0.25) is 9.69 Å². The first-order valence-electron chi connectivity index (χ1n) is 12.6. The summed E-state index contributed by atoms with van der Waals surface area (Å²) in [5, 5.41) is 9.02. The molecule has 2 aromatic heterocycles. The van der Waals surface area contributed by atoms with Gasteiger partial charge >= 0.3 is 6.09 Å². The first kappa shape index (κ1) is 25.8. The standard InChI is InChI=1S/C26H32FN7O4/c1-26(2,3)38-25(36)34-14-7-8-18(34)22(27)19(9-14)33(5)21-12-28-23(31-30-21)16-10-17-15(11-20(16)37-6)24(35)32(4)13-29-17/h10-14,18-19,22H,7-9H2,1-6H3/t14-,18?,19-,22+/m0/s1. The summed E-state index contributed by atoms with van der Waals surface area (Å²) in [5.74, 6) is 1.12. The fraction of sp³-hybridized carbons (Fsp3) is 0.538. The molecule has 2 aliphatic heterocycles. The van der Waals surface area contributed by atoms with Crippen molar-refractivity contribution in [2.24, 2.45) is 7.05 Å². The predicted octanol–water partition coefficient (Wildman–Crippen LogP) is 3.11. The van der Waals surface area contributed by atoms with Crippen molar-refractivity contribution >= 4 is 22.8 Å². The lowest BCUT2D eigenvalue weighted by atomic mass is 9.94. The smallest absolute Gasteiger partial charge is 0.410 e. The predicted molar refractivity (Wildman–Crippen MR) is 139 cm³/mol. The normalized spacial score (nSPS) is 23.0. The molecule has 0 radical (unpaired) electrons. The van der Waals surface area contributed by atoms with Crippen LogP contribution in [0, 0.1) is 0 Å². The van der Waals surface area contributed by atoms with E-state index in [2.05, 4.69) is 20.2 Å². The van der Waals surface area contributed by atoms with Crippen LogP contribution in [0.4, 0.5) is 15.0 Å². The number of anilines is 1. The molecule has 4 atom stereocenters. The van der Waals surface area contributed by atoms with Crippen molar-refractivity contribution in [3.05, 3.63) is 35.0 Å². The zero-order valence-corrected chi connectivity index (χ0v) is 22.4. The quantitative estimate of drug-likeness (QED) is 0.507. The minimum atomic E-state index is -1.28. The molecule has 2 bridgehead atoms. The van der Waals surface area contributed by atoms with Gasteiger partial charge in [-0.1, -0.05) is 0 Å². The van der Waals surface area contributed by atoms with E-state index in [1.54, 1.807) is 56.8 Å². The topological polar surface area (TPSA) is 116 Å². The van der Waals surface area contributed by atoms with Crippen LogP contribution in [-0.4, -0.2) is 79.8 Å². The fourth-order valence-electron chi connectivity index (χ4n) is 5.40. The van der Waals surface area contributed by atoms with Crippen LogP contribution in [0.15, 0.2) is 29.5 Å². The summed E-state index contributed by atoms with van der Waals surface area (Å²) in [5.41, 5.74) is 0.192. The van der Waals surface area contributed by atoms with E-state index in [-0.39, 0.29) is 11.6 Å². The third kappa shape index (κ3) is 4.52. The number of ether oxygens (including phenoxy) is 2. The van der Waals surface area contributed by atoms with Gasteiger partial charge in [-0.25, -0.2) is 19.2 Å². The molecule has 0 spiro atoms. The third-order valence-electron chi connectivity index (χ3n) is 7.29. The Kier molecular flexibility index (Phi) is 6.44. The van der Waals surface area contributed by atoms with Crippen LogP contribution < -0.4 is 15.2 Å². The van der Waals surface area contributed by atoms with Crippen LogP contribution in [-0.2, 0) is 11.8 Å². The van der Waals surface area contributed by atoms with Gasteiger partial charge in [-0.2, -0.15) is 0 Å². The molecule has 12 heteroatoms. The van der Waals surface area contributed by atoms with E-state index in [0.29, 0.717) is 46.7 Å². The monoisotopic (exact) mass is 525 g/mol. The lowest BCUT2D eigenvalue weighted by Gasteiger charge is -2.44. The van der Waals surface area contributed by atoms with Crippen LogP contribution in [0.2, 0.25) is 0 Å². The van der Waals surface area contributed by atoms with Gasteiger partial charge in [-0.15, -0.1) is 10.2 Å². The van der Waals surface area contributed by atoms with E-state index in [0.717, 1.165) is 6.42 Å². The number of amides is 1. The number of hydrogen-bond donors (Lipinski definition) is 0. The molecule has 1 amide bonds. The maximum Gasteiger partial charge on any atom is 0.410 e. The minimum absolute atomic E-state index is 0.100. The Bertz CT molecular complexity index is 1420. The number of methoxy groups -OCH3 is 1. The highest BCUT2D eigenvalue weighted by atomic mass is 19.1. The average molecular weight is 526 g/mol. The number of carbonyl (C=O) groups excluding carboxylic acids is 1. The summed E-state index contributed by atoms with van der Waals surface area (Å²) in [6, 6.07) is 2.18. The molecule has 2 aliphatic rings. The molecule has 202 valence electrons. The van der Waals surface area contributed by atoms with Gasteiger partial charge in [0.2, 0.25) is 0 Å². The zero-order valence-electron chi connectivity index (χ0n) is 22.4. The minimum Gasteiger partial charge on any atom is -0.496 e. The molecular weight excluding hydrogens is 493 g/mol. The SMILES string of the molecule is COc1cc2c(=O)n(C)cnc2cc1-c1ncc(N(C)[C@H]2C[C@@H]3CCC([C@H]2F)N3C(=O)OC(C)(C)C)nn1. The Balaban J connectivity index is 1.37. The van der Waals surface area contributed by atoms with Crippen molar-refractivity contribution in [1.82, 2.24) is 29.6 Å². The van der Waals surface area contributed by atoms with Gasteiger partial charge in [-0.05, 0) is 52.2 Å². The van der Waals surface area contributed by atoms with Crippen molar-refractivity contribution < 1.29 is 18.7 Å². The molecule has 2 saturated heterocycles. The number of nitrogens with zero attached hydrogens (tertiary/aromatic N) is 7. The van der Waals surface area contributed by atoms with E-state index in [9.17, 15) is 9.59 Å². The van der Waals surface area contributed by atoms with E-state index < -0.39 is 29.9 Å². The largest absolute Gasteiger partial charge is 0.496 e. The summed E-state index contributed by atoms with van der Waals surface area (Å²) >= 11 is 0. The molecular formula is C26H32FN7O4. The number of carbonyl (C=O) groups is 1. The maximum absolute atomic E-state index is 15.8. The van der Waals surface area contributed by atoms with Gasteiger partial charge < -0.3 is 18.9 Å². The Morgan fingerprint density at radius 3 is 2.61 bits per heavy atom. The third-order valence-corrected chi connectivity index (χ3v) is 7.29. The number of hydrogen-bond acceptors (Lipinski definition) is 9. The Hall–Kier alpha value is -3.83. The van der Waals surface area contributed by atoms with Crippen LogP contribution in [0.25, 0.3) is 22.3 Å². The molecule has 1 unspecified atom stereocenters. The van der Waals surface area contributed by atoms with Gasteiger partial charge in [0.15, 0.2) is 11.6 Å². The number of fused-ring (bicyclic) bond motifs is 3. The van der Waals surface area contributed by atoms with E-state index in [1.165, 1.54) is 24.2 Å². The van der Waals surface area contributed by atoms with Gasteiger partial charge in [0.1, 0.15) is 17.5 Å². The lowest BCUT2D eigenvalue weighted by Crippen LogP contribution is -2.59. The highest BCUT2D eigenvalue weighted by Gasteiger charge is 2.52. The Morgan fingerprint density at radius 2 is 1.95 bits per heavy atom. The fourth-order valence-corrected chi connectivity index (χ4v) is 5.40. The second-order valence-corrected chi connectivity index (χ2v) is 10.9. The number of piperidine rings is 1. The van der Waals surface area contributed by atoms with Crippen molar-refractivity contribution in [2.75, 3.05) is 19.1 Å². The summed E-state index contributed by atoms with van der Waals surface area (Å²) in [6.07, 6.45) is 3.03. The summed E-state index contributed by atoms with van der Waals surface area (Å²) in [6.45, 7) is 5.42. The van der Waals surface area contributed by atoms with E-state index >= 15 is 4.39 Å². The molecule has 3 aromatic rings. The number of halogens is 1. The molecule has 0 aliphatic carbocycles. The van der Waals surface area contributed by atoms with Gasteiger partial charge in [0.05, 0.1) is 48.2 Å². The van der Waals surface area contributed by atoms with Gasteiger partial charge in [0.25, 0.3) is 5.56 Å². The molecule has 0 saturated carbocycles. The summed E-state index contributed by atoms with van der Waals surface area (Å²) < 4.78 is 28.2. The molecule has 4 heterocycles. The maximum atomic E-state index is 15.8. The van der Waals surface area contributed by atoms with Crippen molar-refractivity contribution in [3.8, 4) is 17.1 Å². The average Bonchev–Trinajstić information content (AvgIpc) is 3.23. The molecule has 5 rings (SSSR count). The Labute approximate surface area is 219 Å². The number of aryl methyl sites for hydroxylation is 1. The van der Waals surface area contributed by atoms with E-state index in [4.69, 9.17) is 9.47 Å². The number of alkyl halides is 1. The second-order valence-electron chi connectivity index (χ2n) is 10.9. The molecule has 38 heavy (non-hydrogen) atoms. The number of rotatable bonds is 4. The first-order valence-corrected chi connectivity index (χ1v) is 12.6. The molecule has 11 nitrogen and oxygen atoms in total. The summed E-state index contributed by atoms with van der Waals surface area (Å²) in [7, 11) is 4.90. The van der Waals surface area contributed by atoms with Crippen LogP contribution in [0.1, 0.15) is 40.0 Å². The van der Waals surface area contributed by atoms with Gasteiger partial charge in [0, 0.05) is 20.1 Å². The van der Waals surface area contributed by atoms with Crippen molar-refractivity contribution in [1.29, 1.82) is 0 Å². The number of aromatic nitrogens is 5. The highest BCUT2D eigenvalue weighted by molar-refractivity contribution is 5.86. The first-order chi connectivity index (χ1) is 18.0. The van der Waals surface area contributed by atoms with Crippen molar-refractivity contribution in [3.63, 3.8) is 0 Å².